The van der Waals surface area contributed by atoms with Crippen LogP contribution < -0.4 is 10.2 Å². The Morgan fingerprint density at radius 2 is 1.66 bits per heavy atom. The van der Waals surface area contributed by atoms with Gasteiger partial charge in [-0.05, 0) is 48.1 Å². The first kappa shape index (κ1) is 22.1. The fourth-order valence-electron chi connectivity index (χ4n) is 5.16. The maximum atomic E-state index is 13.0. The van der Waals surface area contributed by atoms with Crippen LogP contribution in [0.15, 0.2) is 60.7 Å². The van der Waals surface area contributed by atoms with Crippen molar-refractivity contribution in [3.8, 4) is 0 Å². The van der Waals surface area contributed by atoms with Crippen molar-refractivity contribution in [1.82, 2.24) is 0 Å². The number of nitrogens with zero attached hydrogens (tertiary/aromatic N) is 3. The number of carbonyl (C=O) groups excluding carboxylic acids is 3. The third-order valence-corrected chi connectivity index (χ3v) is 6.67. The van der Waals surface area contributed by atoms with Crippen molar-refractivity contribution in [2.24, 2.45) is 23.7 Å². The minimum Gasteiger partial charge on any atom is -0.317 e. The minimum absolute atomic E-state index is 0.0988. The summed E-state index contributed by atoms with van der Waals surface area (Å²) >= 11 is 0. The zero-order valence-electron chi connectivity index (χ0n) is 18.1. The highest BCUT2D eigenvalue weighted by Crippen LogP contribution is 2.53. The lowest BCUT2D eigenvalue weighted by atomic mass is 9.85. The van der Waals surface area contributed by atoms with E-state index in [9.17, 15) is 34.6 Å². The molecule has 2 aliphatic carbocycles. The Kier molecular flexibility index (Phi) is 5.24. The summed E-state index contributed by atoms with van der Waals surface area (Å²) in [6.07, 6.45) is 7.45. The Labute approximate surface area is 198 Å². The van der Waals surface area contributed by atoms with Crippen LogP contribution in [0.3, 0.4) is 0 Å². The number of nitro groups is 2. The van der Waals surface area contributed by atoms with Crippen molar-refractivity contribution < 1.29 is 24.2 Å². The summed E-state index contributed by atoms with van der Waals surface area (Å²) in [7, 11) is 0. The second-order valence-corrected chi connectivity index (χ2v) is 8.65. The van der Waals surface area contributed by atoms with Gasteiger partial charge in [0.1, 0.15) is 5.69 Å². The molecule has 2 aromatic rings. The van der Waals surface area contributed by atoms with Crippen LogP contribution in [0.4, 0.5) is 22.7 Å². The highest BCUT2D eigenvalue weighted by Gasteiger charge is 2.59. The largest absolute Gasteiger partial charge is 0.317 e. The molecule has 4 atom stereocenters. The molecule has 1 heterocycles. The number of carbonyl (C=O) groups is 3. The van der Waals surface area contributed by atoms with Crippen molar-refractivity contribution in [2.45, 2.75) is 6.42 Å². The van der Waals surface area contributed by atoms with Crippen molar-refractivity contribution in [3.63, 3.8) is 0 Å². The molecule has 0 aromatic heterocycles. The van der Waals surface area contributed by atoms with E-state index in [1.807, 2.05) is 12.2 Å². The van der Waals surface area contributed by atoms with Gasteiger partial charge in [0, 0.05) is 12.1 Å². The van der Waals surface area contributed by atoms with Gasteiger partial charge in [-0.25, -0.2) is 4.90 Å². The molecule has 1 N–H and O–H groups in total. The van der Waals surface area contributed by atoms with Gasteiger partial charge in [-0.3, -0.25) is 34.6 Å². The third kappa shape index (κ3) is 3.76. The summed E-state index contributed by atoms with van der Waals surface area (Å²) in [6, 6.07) is 9.52. The summed E-state index contributed by atoms with van der Waals surface area (Å²) in [4.78, 5) is 60.1. The summed E-state index contributed by atoms with van der Waals surface area (Å²) in [5, 5.41) is 24.4. The molecule has 1 aliphatic heterocycles. The van der Waals surface area contributed by atoms with Crippen molar-refractivity contribution in [2.75, 3.05) is 10.2 Å². The van der Waals surface area contributed by atoms with Gasteiger partial charge in [-0.2, -0.15) is 0 Å². The lowest BCUT2D eigenvalue weighted by Gasteiger charge is -2.17. The van der Waals surface area contributed by atoms with Gasteiger partial charge < -0.3 is 5.32 Å². The lowest BCUT2D eigenvalue weighted by Crippen LogP contribution is -2.32. The van der Waals surface area contributed by atoms with Crippen LogP contribution in [0.5, 0.6) is 0 Å². The molecule has 4 unspecified atom stereocenters. The van der Waals surface area contributed by atoms with Crippen LogP contribution in [-0.4, -0.2) is 27.6 Å². The number of allylic oxidation sites excluding steroid dienone is 2. The molecule has 1 saturated heterocycles. The van der Waals surface area contributed by atoms with Crippen LogP contribution in [0.25, 0.3) is 6.08 Å². The smallest absolute Gasteiger partial charge is 0.299 e. The standard InChI is InChI=1S/C24H18N4O7/c29-20(25-18-8-7-17(27(32)33)12-19(18)28(34)35)9-4-13-2-1-3-16(10-13)26-23(30)21-14-5-6-15(11-14)22(21)24(26)31/h1-10,12,14-15,21-22H,11H2,(H,25,29). The van der Waals surface area contributed by atoms with Gasteiger partial charge in [0.25, 0.3) is 11.4 Å². The number of amides is 3. The van der Waals surface area contributed by atoms with Gasteiger partial charge in [-0.15, -0.1) is 0 Å². The Hall–Kier alpha value is -4.67. The molecule has 5 rings (SSSR count). The van der Waals surface area contributed by atoms with E-state index in [-0.39, 0.29) is 41.2 Å². The number of rotatable bonds is 6. The Balaban J connectivity index is 1.32. The zero-order valence-corrected chi connectivity index (χ0v) is 18.1. The molecular formula is C24H18N4O7. The van der Waals surface area contributed by atoms with E-state index in [0.717, 1.165) is 30.7 Å². The second-order valence-electron chi connectivity index (χ2n) is 8.65. The molecule has 11 nitrogen and oxygen atoms in total. The number of imide groups is 1. The number of nitro benzene ring substituents is 2. The zero-order chi connectivity index (χ0) is 24.9. The van der Waals surface area contributed by atoms with E-state index < -0.39 is 27.1 Å². The van der Waals surface area contributed by atoms with Crippen LogP contribution in [0.2, 0.25) is 0 Å². The normalized spacial score (nSPS) is 24.3. The fourth-order valence-corrected chi connectivity index (χ4v) is 5.16. The third-order valence-electron chi connectivity index (χ3n) is 6.67. The molecule has 176 valence electrons. The molecule has 11 heteroatoms. The maximum absolute atomic E-state index is 13.0. The SMILES string of the molecule is O=C(C=Cc1cccc(N2C(=O)C3C4C=CC(C4)C3C2=O)c1)Nc1ccc([N+](=O)[O-])cc1[N+](=O)[O-]. The van der Waals surface area contributed by atoms with Crippen molar-refractivity contribution >= 4 is 46.5 Å². The summed E-state index contributed by atoms with van der Waals surface area (Å²) in [5.74, 6) is -1.55. The van der Waals surface area contributed by atoms with E-state index in [1.54, 1.807) is 24.3 Å². The lowest BCUT2D eigenvalue weighted by molar-refractivity contribution is -0.393. The molecule has 0 spiro atoms. The first-order chi connectivity index (χ1) is 16.7. The van der Waals surface area contributed by atoms with Crippen LogP contribution in [-0.2, 0) is 14.4 Å². The number of hydrogen-bond donors (Lipinski definition) is 1. The van der Waals surface area contributed by atoms with Gasteiger partial charge in [-0.1, -0.05) is 24.3 Å². The van der Waals surface area contributed by atoms with E-state index in [2.05, 4.69) is 5.32 Å². The van der Waals surface area contributed by atoms with E-state index in [1.165, 1.54) is 11.0 Å². The molecule has 3 amide bonds. The monoisotopic (exact) mass is 474 g/mol. The number of hydrogen-bond acceptors (Lipinski definition) is 7. The molecule has 2 fully saturated rings. The molecule has 0 radical (unpaired) electrons. The predicted molar refractivity (Wildman–Crippen MR) is 124 cm³/mol. The second kappa shape index (κ2) is 8.28. The highest BCUT2D eigenvalue weighted by molar-refractivity contribution is 6.23. The van der Waals surface area contributed by atoms with Crippen LogP contribution in [0.1, 0.15) is 12.0 Å². The van der Waals surface area contributed by atoms with Crippen molar-refractivity contribution in [3.05, 3.63) is 86.5 Å². The molecule has 2 bridgehead atoms. The summed E-state index contributed by atoms with van der Waals surface area (Å²) in [5.41, 5.74) is -0.312. The fraction of sp³-hybridized carbons (Fsp3) is 0.208. The first-order valence-electron chi connectivity index (χ1n) is 10.8. The molecule has 3 aliphatic rings. The van der Waals surface area contributed by atoms with Crippen LogP contribution in [0, 0.1) is 43.9 Å². The summed E-state index contributed by atoms with van der Waals surface area (Å²) in [6.45, 7) is 0. The molecule has 35 heavy (non-hydrogen) atoms. The summed E-state index contributed by atoms with van der Waals surface area (Å²) < 4.78 is 0. The average molecular weight is 474 g/mol. The predicted octanol–water partition coefficient (Wildman–Crippen LogP) is 3.47. The quantitative estimate of drug-likeness (QED) is 0.221. The number of anilines is 2. The Bertz CT molecular complexity index is 1340. The molecule has 2 aromatic carbocycles. The van der Waals surface area contributed by atoms with Crippen LogP contribution >= 0.6 is 0 Å². The van der Waals surface area contributed by atoms with E-state index in [0.29, 0.717) is 11.3 Å². The number of fused-ring (bicyclic) bond motifs is 5. The van der Waals surface area contributed by atoms with Gasteiger partial charge in [0.2, 0.25) is 17.7 Å². The number of non-ortho nitro benzene ring substituents is 1. The average Bonchev–Trinajstić information content (AvgIpc) is 3.51. The minimum atomic E-state index is -0.822. The van der Waals surface area contributed by atoms with Crippen molar-refractivity contribution in [1.29, 1.82) is 0 Å². The maximum Gasteiger partial charge on any atom is 0.299 e. The van der Waals surface area contributed by atoms with Gasteiger partial charge >= 0.3 is 0 Å². The Morgan fingerprint density at radius 3 is 2.29 bits per heavy atom. The highest BCUT2D eigenvalue weighted by atomic mass is 16.6. The topological polar surface area (TPSA) is 153 Å². The molecular weight excluding hydrogens is 456 g/mol. The first-order valence-corrected chi connectivity index (χ1v) is 10.8. The van der Waals surface area contributed by atoms with E-state index >= 15 is 0 Å². The Morgan fingerprint density at radius 1 is 0.971 bits per heavy atom. The van der Waals surface area contributed by atoms with Gasteiger partial charge in [0.05, 0.1) is 33.4 Å². The molecule has 1 saturated carbocycles. The van der Waals surface area contributed by atoms with Gasteiger partial charge in [0.15, 0.2) is 0 Å². The number of benzene rings is 2. The number of nitrogens with one attached hydrogen (secondary N) is 1. The van der Waals surface area contributed by atoms with E-state index in [4.69, 9.17) is 0 Å².